The third kappa shape index (κ3) is 9.21. The maximum absolute atomic E-state index is 14.4. The molecule has 54 heavy (non-hydrogen) atoms. The summed E-state index contributed by atoms with van der Waals surface area (Å²) in [6.45, 7) is 9.78. The fourth-order valence-electron chi connectivity index (χ4n) is 6.94. The highest BCUT2D eigenvalue weighted by Gasteiger charge is 2.62. The first-order valence-electron chi connectivity index (χ1n) is 18.3. The van der Waals surface area contributed by atoms with Crippen LogP contribution in [-0.4, -0.2) is 95.0 Å². The van der Waals surface area contributed by atoms with Crippen LogP contribution in [0.5, 0.6) is 0 Å². The van der Waals surface area contributed by atoms with E-state index < -0.39 is 80.3 Å². The van der Waals surface area contributed by atoms with E-state index in [4.69, 9.17) is 9.47 Å². The van der Waals surface area contributed by atoms with Gasteiger partial charge in [-0.05, 0) is 83.4 Å². The molecule has 1 saturated heterocycles. The Labute approximate surface area is 314 Å². The number of allylic oxidation sites excluding steroid dienone is 2. The van der Waals surface area contributed by atoms with E-state index >= 15 is 0 Å². The van der Waals surface area contributed by atoms with Crippen LogP contribution in [-0.2, 0) is 51.8 Å². The number of carbonyl (C=O) groups is 6. The monoisotopic (exact) mass is 775 g/mol. The number of hydrogen-bond acceptors (Lipinski definition) is 10. The summed E-state index contributed by atoms with van der Waals surface area (Å²) in [5.41, 5.74) is -1.04. The predicted octanol–water partition coefficient (Wildman–Crippen LogP) is 3.35. The van der Waals surface area contributed by atoms with Crippen LogP contribution < -0.4 is 15.4 Å². The smallest absolute Gasteiger partial charge is 0.410 e. The molecular weight excluding hydrogens is 725 g/mol. The number of halogens is 1. The van der Waals surface area contributed by atoms with Crippen molar-refractivity contribution in [2.75, 3.05) is 6.54 Å². The lowest BCUT2D eigenvalue weighted by Crippen LogP contribution is -2.58. The molecule has 15 nitrogen and oxygen atoms in total. The van der Waals surface area contributed by atoms with Crippen LogP contribution >= 0.6 is 0 Å². The molecular formula is C37H50FN5O10S. The highest BCUT2D eigenvalue weighted by molar-refractivity contribution is 7.91. The molecule has 0 bridgehead atoms. The van der Waals surface area contributed by atoms with Crippen LogP contribution in [0.3, 0.4) is 0 Å². The van der Waals surface area contributed by atoms with Gasteiger partial charge < -0.3 is 25.0 Å². The van der Waals surface area contributed by atoms with Crippen LogP contribution in [0, 0.1) is 11.7 Å². The quantitative estimate of drug-likeness (QED) is 0.250. The minimum absolute atomic E-state index is 0.0402. The van der Waals surface area contributed by atoms with E-state index in [9.17, 15) is 41.6 Å². The third-order valence-corrected chi connectivity index (χ3v) is 12.2. The number of ether oxygens (including phenoxy) is 2. The first-order valence-corrected chi connectivity index (χ1v) is 19.9. The normalized spacial score (nSPS) is 24.3. The van der Waals surface area contributed by atoms with E-state index in [0.29, 0.717) is 36.0 Å². The van der Waals surface area contributed by atoms with Crippen LogP contribution in [0.1, 0.15) is 97.6 Å². The molecule has 5 rings (SSSR count). The van der Waals surface area contributed by atoms with E-state index in [1.807, 2.05) is 0 Å². The lowest BCUT2D eigenvalue weighted by atomic mass is 10.0. The fraction of sp³-hybridized carbons (Fsp3) is 0.622. The number of sulfonamides is 1. The van der Waals surface area contributed by atoms with Crippen LogP contribution in [0.2, 0.25) is 0 Å². The summed E-state index contributed by atoms with van der Waals surface area (Å²) < 4.78 is 53.1. The molecule has 2 aliphatic heterocycles. The number of fused-ring (bicyclic) bond motifs is 1. The number of nitrogens with one attached hydrogen (secondary N) is 3. The van der Waals surface area contributed by atoms with Gasteiger partial charge in [-0.2, -0.15) is 0 Å². The number of carbonyl (C=O) groups excluding carboxylic acids is 6. The average molecular weight is 776 g/mol. The molecule has 0 radical (unpaired) electrons. The molecule has 1 aromatic carbocycles. The van der Waals surface area contributed by atoms with Crippen molar-refractivity contribution >= 4 is 45.7 Å². The minimum Gasteiger partial charge on any atom is -0.444 e. The van der Waals surface area contributed by atoms with Gasteiger partial charge in [0.15, 0.2) is 5.78 Å². The van der Waals surface area contributed by atoms with Crippen LogP contribution in [0.4, 0.5) is 14.0 Å². The second-order valence-corrected chi connectivity index (χ2v) is 17.5. The minimum atomic E-state index is -3.94. The summed E-state index contributed by atoms with van der Waals surface area (Å²) in [4.78, 5) is 83.6. The molecule has 2 unspecified atom stereocenters. The summed E-state index contributed by atoms with van der Waals surface area (Å²) in [6.07, 6.45) is -0.170. The van der Waals surface area contributed by atoms with Crippen molar-refractivity contribution in [1.29, 1.82) is 0 Å². The Bertz CT molecular complexity index is 1840. The zero-order valence-electron chi connectivity index (χ0n) is 31.5. The van der Waals surface area contributed by atoms with Gasteiger partial charge in [0, 0.05) is 24.9 Å². The Morgan fingerprint density at radius 2 is 1.81 bits per heavy atom. The van der Waals surface area contributed by atoms with Crippen LogP contribution in [0.15, 0.2) is 29.8 Å². The van der Waals surface area contributed by atoms with Crippen molar-refractivity contribution in [1.82, 2.24) is 25.2 Å². The summed E-state index contributed by atoms with van der Waals surface area (Å²) in [5, 5.41) is 4.59. The zero-order valence-corrected chi connectivity index (χ0v) is 32.3. The summed E-state index contributed by atoms with van der Waals surface area (Å²) in [7, 11) is -3.94. The Morgan fingerprint density at radius 3 is 2.41 bits per heavy atom. The highest BCUT2D eigenvalue weighted by Crippen LogP contribution is 2.47. The average Bonchev–Trinajstić information content (AvgIpc) is 3.99. The van der Waals surface area contributed by atoms with Gasteiger partial charge in [0.1, 0.15) is 35.1 Å². The molecule has 1 aromatic rings. The molecule has 296 valence electrons. The zero-order chi connectivity index (χ0) is 39.7. The summed E-state index contributed by atoms with van der Waals surface area (Å²) in [5.74, 6) is -3.52. The van der Waals surface area contributed by atoms with E-state index in [-0.39, 0.29) is 57.0 Å². The third-order valence-electron chi connectivity index (χ3n) is 10.4. The van der Waals surface area contributed by atoms with E-state index in [1.165, 1.54) is 11.0 Å². The van der Waals surface area contributed by atoms with Crippen molar-refractivity contribution in [2.45, 2.75) is 134 Å². The largest absolute Gasteiger partial charge is 0.444 e. The first kappa shape index (κ1) is 40.6. The number of ketones is 1. The SMILES string of the molecule is C/C=C(\C)C(=O)CC[C@H](NC(=O)OC(C)(C)C)C(=O)N1C[C@H](OC(=O)N2Cc3cccc(F)c3C2)C[C@H]1C(=O)NC1(C(=O)NS(=O)(=O)C2CC2)CC1CC. The molecule has 5 amide bonds. The van der Waals surface area contributed by atoms with Crippen molar-refractivity contribution in [3.8, 4) is 0 Å². The maximum atomic E-state index is 14.4. The number of benzene rings is 1. The van der Waals surface area contributed by atoms with Gasteiger partial charge in [-0.25, -0.2) is 22.4 Å². The first-order chi connectivity index (χ1) is 25.3. The highest BCUT2D eigenvalue weighted by atomic mass is 32.2. The lowest BCUT2D eigenvalue weighted by Gasteiger charge is -2.30. The summed E-state index contributed by atoms with van der Waals surface area (Å²) in [6, 6.07) is 1.86. The van der Waals surface area contributed by atoms with Crippen molar-refractivity contribution < 1.29 is 51.0 Å². The second-order valence-electron chi connectivity index (χ2n) is 15.6. The van der Waals surface area contributed by atoms with Gasteiger partial charge in [-0.3, -0.25) is 28.8 Å². The van der Waals surface area contributed by atoms with Crippen molar-refractivity contribution in [3.63, 3.8) is 0 Å². The topological polar surface area (TPSA) is 198 Å². The Morgan fingerprint density at radius 1 is 1.11 bits per heavy atom. The van der Waals surface area contributed by atoms with Gasteiger partial charge >= 0.3 is 12.2 Å². The maximum Gasteiger partial charge on any atom is 0.410 e. The van der Waals surface area contributed by atoms with Gasteiger partial charge in [-0.1, -0.05) is 31.6 Å². The standard InChI is InChI=1S/C37H50FN5O10S/c1-7-21(3)30(44)15-14-28(39-34(48)53-36(4,5)6)32(46)43-19-24(52-35(49)42-18-22-10-9-11-27(38)26(22)20-42)16-29(43)31(45)40-37(17-23(37)8-2)33(47)41-54(50,51)25-12-13-25/h7,9-11,23-25,28-29H,8,12-20H2,1-6H3,(H,39,48)(H,40,45)(H,41,47)/b21-7+/t23?,24-,28+,29+,37?/m1/s1. The lowest BCUT2D eigenvalue weighted by molar-refractivity contribution is -0.141. The fourth-order valence-corrected chi connectivity index (χ4v) is 8.30. The number of hydrogen-bond donors (Lipinski definition) is 3. The number of rotatable bonds is 13. The number of nitrogens with zero attached hydrogens (tertiary/aromatic N) is 2. The Kier molecular flexibility index (Phi) is 11.8. The van der Waals surface area contributed by atoms with Gasteiger partial charge in [-0.15, -0.1) is 0 Å². The van der Waals surface area contributed by atoms with Gasteiger partial charge in [0.25, 0.3) is 5.91 Å². The number of alkyl carbamates (subject to hydrolysis) is 1. The van der Waals surface area contributed by atoms with Gasteiger partial charge in [0.2, 0.25) is 21.8 Å². The van der Waals surface area contributed by atoms with E-state index in [0.717, 1.165) is 4.90 Å². The molecule has 5 atom stereocenters. The molecule has 3 fully saturated rings. The second kappa shape index (κ2) is 15.7. The Balaban J connectivity index is 1.39. The van der Waals surface area contributed by atoms with Gasteiger partial charge in [0.05, 0.1) is 18.3 Å². The van der Waals surface area contributed by atoms with Crippen LogP contribution in [0.25, 0.3) is 0 Å². The van der Waals surface area contributed by atoms with Crippen molar-refractivity contribution in [3.05, 3.63) is 46.8 Å². The molecule has 2 aliphatic carbocycles. The molecule has 2 saturated carbocycles. The Hall–Kier alpha value is -4.54. The predicted molar refractivity (Wildman–Crippen MR) is 192 cm³/mol. The van der Waals surface area contributed by atoms with E-state index in [1.54, 1.807) is 59.8 Å². The molecule has 2 heterocycles. The molecule has 0 spiro atoms. The molecule has 3 N–H and O–H groups in total. The van der Waals surface area contributed by atoms with E-state index in [2.05, 4.69) is 15.4 Å². The summed E-state index contributed by atoms with van der Waals surface area (Å²) >= 11 is 0. The number of likely N-dealkylation sites (tertiary alicyclic amines) is 1. The number of Topliss-reactive ketones (excluding diaryl/α,β-unsaturated/α-hetero) is 1. The number of amides is 5. The molecule has 0 aromatic heterocycles. The molecule has 4 aliphatic rings. The molecule has 17 heteroatoms. The van der Waals surface area contributed by atoms with Crippen molar-refractivity contribution in [2.24, 2.45) is 5.92 Å².